The van der Waals surface area contributed by atoms with E-state index in [9.17, 15) is 14.4 Å². The number of nitrogens with zero attached hydrogens (tertiary/aromatic N) is 2. The van der Waals surface area contributed by atoms with E-state index < -0.39 is 18.5 Å². The molecule has 2 rings (SSSR count). The second kappa shape index (κ2) is 10.1. The van der Waals surface area contributed by atoms with E-state index in [1.165, 1.54) is 23.6 Å². The molecule has 0 unspecified atom stereocenters. The molecule has 2 aromatic carbocycles. The lowest BCUT2D eigenvalue weighted by Gasteiger charge is -2.19. The SMILES string of the molecule is CC(=O)CSc1ccccc1C(=O)OCC(=O)N(CC#N)c1ccccc1. The number of Topliss-reactive ketones (excluding diaryl/α,β-unsaturated/α-hetero) is 1. The molecule has 0 aliphatic carbocycles. The van der Waals surface area contributed by atoms with Crippen molar-refractivity contribution in [1.82, 2.24) is 0 Å². The first-order valence-corrected chi connectivity index (χ1v) is 9.12. The summed E-state index contributed by atoms with van der Waals surface area (Å²) in [4.78, 5) is 37.8. The Morgan fingerprint density at radius 2 is 1.74 bits per heavy atom. The lowest BCUT2D eigenvalue weighted by molar-refractivity contribution is -0.121. The van der Waals surface area contributed by atoms with E-state index in [1.54, 1.807) is 54.6 Å². The van der Waals surface area contributed by atoms with Crippen molar-refractivity contribution in [2.24, 2.45) is 0 Å². The van der Waals surface area contributed by atoms with Crippen LogP contribution in [0, 0.1) is 11.3 Å². The summed E-state index contributed by atoms with van der Waals surface area (Å²) < 4.78 is 5.15. The number of carbonyl (C=O) groups is 3. The summed E-state index contributed by atoms with van der Waals surface area (Å²) >= 11 is 1.24. The van der Waals surface area contributed by atoms with Crippen molar-refractivity contribution in [1.29, 1.82) is 5.26 Å². The van der Waals surface area contributed by atoms with Crippen molar-refractivity contribution in [3.05, 3.63) is 60.2 Å². The maximum atomic E-state index is 12.4. The molecule has 1 amide bonds. The molecule has 0 aliphatic heterocycles. The van der Waals surface area contributed by atoms with Crippen LogP contribution < -0.4 is 4.90 Å². The third-order valence-electron chi connectivity index (χ3n) is 3.46. The molecule has 0 aliphatic rings. The summed E-state index contributed by atoms with van der Waals surface area (Å²) in [7, 11) is 0. The lowest BCUT2D eigenvalue weighted by atomic mass is 10.2. The first kappa shape index (κ1) is 20.2. The zero-order chi connectivity index (χ0) is 19.6. The molecule has 0 radical (unpaired) electrons. The Morgan fingerprint density at radius 1 is 1.07 bits per heavy atom. The highest BCUT2D eigenvalue weighted by molar-refractivity contribution is 8.00. The van der Waals surface area contributed by atoms with E-state index in [4.69, 9.17) is 10.00 Å². The minimum Gasteiger partial charge on any atom is -0.452 e. The van der Waals surface area contributed by atoms with Crippen LogP contribution in [0.1, 0.15) is 17.3 Å². The highest BCUT2D eigenvalue weighted by atomic mass is 32.2. The Bertz CT molecular complexity index is 862. The van der Waals surface area contributed by atoms with Crippen LogP contribution in [0.4, 0.5) is 5.69 Å². The molecular formula is C20H18N2O4S. The van der Waals surface area contributed by atoms with Crippen LogP contribution in [0.3, 0.4) is 0 Å². The normalized spacial score (nSPS) is 9.93. The van der Waals surface area contributed by atoms with Gasteiger partial charge in [0.1, 0.15) is 12.3 Å². The summed E-state index contributed by atoms with van der Waals surface area (Å²) in [6.45, 7) is 0.840. The molecule has 0 atom stereocenters. The summed E-state index contributed by atoms with van der Waals surface area (Å²) in [6.07, 6.45) is 0. The van der Waals surface area contributed by atoms with Crippen LogP contribution in [-0.2, 0) is 14.3 Å². The number of ketones is 1. The fourth-order valence-corrected chi connectivity index (χ4v) is 3.07. The summed E-state index contributed by atoms with van der Waals surface area (Å²) in [5.41, 5.74) is 0.848. The highest BCUT2D eigenvalue weighted by Gasteiger charge is 2.19. The van der Waals surface area contributed by atoms with Gasteiger partial charge in [0.05, 0.1) is 17.4 Å². The Kier molecular flexibility index (Phi) is 7.59. The van der Waals surface area contributed by atoms with Crippen LogP contribution in [0.2, 0.25) is 0 Å². The van der Waals surface area contributed by atoms with Gasteiger partial charge in [0, 0.05) is 10.6 Å². The largest absolute Gasteiger partial charge is 0.452 e. The number of nitriles is 1. The predicted molar refractivity (Wildman–Crippen MR) is 103 cm³/mol. The first-order valence-electron chi connectivity index (χ1n) is 8.13. The molecule has 0 fully saturated rings. The molecule has 0 N–H and O–H groups in total. The van der Waals surface area contributed by atoms with Crippen LogP contribution in [0.15, 0.2) is 59.5 Å². The van der Waals surface area contributed by atoms with Crippen molar-refractivity contribution in [3.8, 4) is 6.07 Å². The van der Waals surface area contributed by atoms with E-state index in [0.717, 1.165) is 0 Å². The number of carbonyl (C=O) groups excluding carboxylic acids is 3. The van der Waals surface area contributed by atoms with Crippen molar-refractivity contribution >= 4 is 35.1 Å². The van der Waals surface area contributed by atoms with Gasteiger partial charge in [-0.2, -0.15) is 5.26 Å². The van der Waals surface area contributed by atoms with Gasteiger partial charge in [0.25, 0.3) is 5.91 Å². The predicted octanol–water partition coefficient (Wildman–Crippen LogP) is 3.08. The third kappa shape index (κ3) is 5.97. The number of esters is 1. The van der Waals surface area contributed by atoms with Gasteiger partial charge in [-0.25, -0.2) is 4.79 Å². The molecule has 0 aromatic heterocycles. The van der Waals surface area contributed by atoms with Gasteiger partial charge in [-0.15, -0.1) is 11.8 Å². The fraction of sp³-hybridized carbons (Fsp3) is 0.200. The molecule has 6 nitrogen and oxygen atoms in total. The Morgan fingerprint density at radius 3 is 2.41 bits per heavy atom. The molecule has 138 valence electrons. The average Bonchev–Trinajstić information content (AvgIpc) is 2.69. The van der Waals surface area contributed by atoms with E-state index in [1.807, 2.05) is 6.07 Å². The van der Waals surface area contributed by atoms with Gasteiger partial charge in [-0.05, 0) is 31.2 Å². The van der Waals surface area contributed by atoms with Gasteiger partial charge in [-0.3, -0.25) is 14.5 Å². The molecule has 0 spiro atoms. The third-order valence-corrected chi connectivity index (χ3v) is 4.68. The number of hydrogen-bond donors (Lipinski definition) is 0. The second-order valence-electron chi connectivity index (χ2n) is 5.54. The second-order valence-corrected chi connectivity index (χ2v) is 6.55. The standard InChI is InChI=1S/C20H18N2O4S/c1-15(23)14-27-18-10-6-5-9-17(18)20(25)26-13-19(24)22(12-11-21)16-7-3-2-4-8-16/h2-10H,12-14H2,1H3. The van der Waals surface area contributed by atoms with E-state index in [-0.39, 0.29) is 18.1 Å². The van der Waals surface area contributed by atoms with Gasteiger partial charge < -0.3 is 4.74 Å². The zero-order valence-electron chi connectivity index (χ0n) is 14.8. The van der Waals surface area contributed by atoms with Crippen LogP contribution in [-0.4, -0.2) is 36.6 Å². The fourth-order valence-electron chi connectivity index (χ4n) is 2.23. The van der Waals surface area contributed by atoms with E-state index in [2.05, 4.69) is 0 Å². The Hall–Kier alpha value is -3.11. The topological polar surface area (TPSA) is 87.5 Å². The summed E-state index contributed by atoms with van der Waals surface area (Å²) in [5.74, 6) is -0.911. The van der Waals surface area contributed by atoms with Gasteiger partial charge in [0.2, 0.25) is 0 Å². The lowest BCUT2D eigenvalue weighted by Crippen LogP contribution is -2.35. The van der Waals surface area contributed by atoms with Crippen LogP contribution in [0.25, 0.3) is 0 Å². The number of para-hydroxylation sites is 1. The van der Waals surface area contributed by atoms with E-state index in [0.29, 0.717) is 16.1 Å². The van der Waals surface area contributed by atoms with Crippen molar-refractivity contribution in [3.63, 3.8) is 0 Å². The molecule has 0 bridgehead atoms. The van der Waals surface area contributed by atoms with Crippen LogP contribution in [0.5, 0.6) is 0 Å². The summed E-state index contributed by atoms with van der Waals surface area (Å²) in [5, 5.41) is 8.96. The molecule has 0 saturated carbocycles. The molecular weight excluding hydrogens is 364 g/mol. The molecule has 0 heterocycles. The minimum atomic E-state index is -0.653. The molecule has 2 aromatic rings. The number of hydrogen-bond acceptors (Lipinski definition) is 6. The summed E-state index contributed by atoms with van der Waals surface area (Å²) in [6, 6.07) is 17.4. The number of rotatable bonds is 8. The minimum absolute atomic E-state index is 0.00615. The molecule has 0 saturated heterocycles. The highest BCUT2D eigenvalue weighted by Crippen LogP contribution is 2.23. The Labute approximate surface area is 161 Å². The van der Waals surface area contributed by atoms with E-state index >= 15 is 0 Å². The number of benzene rings is 2. The van der Waals surface area contributed by atoms with Gasteiger partial charge in [-0.1, -0.05) is 30.3 Å². The molecule has 27 heavy (non-hydrogen) atoms. The average molecular weight is 382 g/mol. The smallest absolute Gasteiger partial charge is 0.339 e. The number of amides is 1. The van der Waals surface area contributed by atoms with Gasteiger partial charge in [0.15, 0.2) is 6.61 Å². The van der Waals surface area contributed by atoms with Gasteiger partial charge >= 0.3 is 5.97 Å². The maximum absolute atomic E-state index is 12.4. The maximum Gasteiger partial charge on any atom is 0.339 e. The van der Waals surface area contributed by atoms with Crippen molar-refractivity contribution in [2.75, 3.05) is 23.8 Å². The number of ether oxygens (including phenoxy) is 1. The monoisotopic (exact) mass is 382 g/mol. The number of anilines is 1. The van der Waals surface area contributed by atoms with Crippen molar-refractivity contribution < 1.29 is 19.1 Å². The quantitative estimate of drug-likeness (QED) is 0.396. The molecule has 7 heteroatoms. The van der Waals surface area contributed by atoms with Crippen molar-refractivity contribution in [2.45, 2.75) is 11.8 Å². The van der Waals surface area contributed by atoms with Crippen LogP contribution >= 0.6 is 11.8 Å². The Balaban J connectivity index is 2.05. The zero-order valence-corrected chi connectivity index (χ0v) is 15.6. The number of thioether (sulfide) groups is 1. The first-order chi connectivity index (χ1) is 13.0.